The summed E-state index contributed by atoms with van der Waals surface area (Å²) in [7, 11) is 0. The van der Waals surface area contributed by atoms with Gasteiger partial charge in [0.2, 0.25) is 5.91 Å². The van der Waals surface area contributed by atoms with E-state index in [4.69, 9.17) is 0 Å². The number of nitrogens with one attached hydrogen (secondary N) is 3. The van der Waals surface area contributed by atoms with Crippen molar-refractivity contribution < 1.29 is 9.59 Å². The molecule has 2 rings (SSSR count). The summed E-state index contributed by atoms with van der Waals surface area (Å²) in [5, 5.41) is 9.09. The molecule has 1 aliphatic heterocycles. The minimum absolute atomic E-state index is 0. The molecule has 22 heavy (non-hydrogen) atoms. The maximum Gasteiger partial charge on any atom is 0.262 e. The highest BCUT2D eigenvalue weighted by atomic mass is 79.9. The molecule has 0 radical (unpaired) electrons. The number of carbonyl (C=O) groups excluding carboxylic acids is 2. The van der Waals surface area contributed by atoms with Gasteiger partial charge in [0.15, 0.2) is 0 Å². The largest absolute Gasteiger partial charge is 0.351 e. The third kappa shape index (κ3) is 5.53. The van der Waals surface area contributed by atoms with Crippen LogP contribution in [0.5, 0.6) is 0 Å². The summed E-state index contributed by atoms with van der Waals surface area (Å²) in [6.45, 7) is 4.73. The summed E-state index contributed by atoms with van der Waals surface area (Å²) >= 11 is 4.67. The van der Waals surface area contributed by atoms with Crippen molar-refractivity contribution >= 4 is 51.5 Å². The van der Waals surface area contributed by atoms with Gasteiger partial charge in [-0.15, -0.1) is 23.7 Å². The van der Waals surface area contributed by atoms with Crippen molar-refractivity contribution in [3.8, 4) is 0 Å². The van der Waals surface area contributed by atoms with E-state index >= 15 is 0 Å². The Hall–Kier alpha value is -0.630. The van der Waals surface area contributed by atoms with Crippen molar-refractivity contribution in [2.45, 2.75) is 44.8 Å². The lowest BCUT2D eigenvalue weighted by Crippen LogP contribution is -2.52. The van der Waals surface area contributed by atoms with Crippen LogP contribution in [-0.2, 0) is 4.79 Å². The number of rotatable bonds is 4. The molecule has 0 aliphatic carbocycles. The summed E-state index contributed by atoms with van der Waals surface area (Å²) in [5.74, 6) is -0.342. The molecule has 0 aromatic carbocycles. The molecule has 124 valence electrons. The third-order valence-electron chi connectivity index (χ3n) is 3.51. The van der Waals surface area contributed by atoms with Crippen molar-refractivity contribution in [2.24, 2.45) is 0 Å². The van der Waals surface area contributed by atoms with Gasteiger partial charge in [-0.1, -0.05) is 0 Å². The predicted octanol–water partition coefficient (Wildman–Crippen LogP) is 2.31. The van der Waals surface area contributed by atoms with Gasteiger partial charge in [-0.05, 0) is 61.3 Å². The average Bonchev–Trinajstić information content (AvgIpc) is 2.85. The zero-order valence-electron chi connectivity index (χ0n) is 12.5. The molecule has 1 fully saturated rings. The summed E-state index contributed by atoms with van der Waals surface area (Å²) in [5.41, 5.74) is 0. The van der Waals surface area contributed by atoms with Gasteiger partial charge in [0.25, 0.3) is 5.91 Å². The van der Waals surface area contributed by atoms with E-state index in [1.165, 1.54) is 11.3 Å². The molecule has 3 atom stereocenters. The zero-order valence-corrected chi connectivity index (χ0v) is 15.7. The normalized spacial score (nSPS) is 22.3. The third-order valence-corrected chi connectivity index (χ3v) is 5.13. The van der Waals surface area contributed by atoms with Gasteiger partial charge < -0.3 is 16.0 Å². The number of amides is 2. The predicted molar refractivity (Wildman–Crippen MR) is 94.8 cm³/mol. The van der Waals surface area contributed by atoms with Gasteiger partial charge in [0.1, 0.15) is 6.04 Å². The average molecular weight is 411 g/mol. The topological polar surface area (TPSA) is 70.2 Å². The molecule has 1 aliphatic rings. The molecule has 2 amide bonds. The van der Waals surface area contributed by atoms with Gasteiger partial charge in [-0.25, -0.2) is 0 Å². The van der Waals surface area contributed by atoms with Crippen molar-refractivity contribution in [2.75, 3.05) is 6.54 Å². The Kier molecular flexibility index (Phi) is 7.82. The Morgan fingerprint density at radius 1 is 1.45 bits per heavy atom. The van der Waals surface area contributed by atoms with Crippen LogP contribution in [0.25, 0.3) is 0 Å². The molecular formula is C14H21BrClN3O2S. The molecular weight excluding hydrogens is 390 g/mol. The monoisotopic (exact) mass is 409 g/mol. The molecule has 3 N–H and O–H groups in total. The van der Waals surface area contributed by atoms with Gasteiger partial charge in [0.05, 0.1) is 8.66 Å². The van der Waals surface area contributed by atoms with Crippen LogP contribution >= 0.6 is 39.7 Å². The van der Waals surface area contributed by atoms with E-state index in [1.807, 2.05) is 6.07 Å². The standard InChI is InChI=1S/C14H20BrN3O2S.ClH/c1-8-7-10(5-6-16-8)18-13(19)9(2)17-14(20)11-3-4-12(15)21-11;/h3-4,8-10,16H,5-7H2,1-2H3,(H,17,20)(H,18,19);1H. The number of hydrogen-bond acceptors (Lipinski definition) is 4. The minimum atomic E-state index is -0.538. The molecule has 1 aromatic heterocycles. The number of carbonyl (C=O) groups is 2. The fourth-order valence-corrected chi connectivity index (χ4v) is 3.65. The highest BCUT2D eigenvalue weighted by molar-refractivity contribution is 9.11. The Bertz CT molecular complexity index is 526. The Labute approximate surface area is 149 Å². The Morgan fingerprint density at radius 2 is 2.18 bits per heavy atom. The quantitative estimate of drug-likeness (QED) is 0.713. The number of piperidine rings is 1. The van der Waals surface area contributed by atoms with E-state index in [1.54, 1.807) is 13.0 Å². The van der Waals surface area contributed by atoms with Gasteiger partial charge in [0, 0.05) is 12.1 Å². The van der Waals surface area contributed by atoms with Crippen molar-refractivity contribution in [1.82, 2.24) is 16.0 Å². The molecule has 2 heterocycles. The number of hydrogen-bond donors (Lipinski definition) is 3. The van der Waals surface area contributed by atoms with E-state index in [0.29, 0.717) is 10.9 Å². The molecule has 8 heteroatoms. The molecule has 3 unspecified atom stereocenters. The van der Waals surface area contributed by atoms with Gasteiger partial charge >= 0.3 is 0 Å². The molecule has 5 nitrogen and oxygen atoms in total. The highest BCUT2D eigenvalue weighted by Gasteiger charge is 2.23. The van der Waals surface area contributed by atoms with E-state index in [-0.39, 0.29) is 30.3 Å². The van der Waals surface area contributed by atoms with Crippen molar-refractivity contribution in [3.63, 3.8) is 0 Å². The second kappa shape index (κ2) is 8.86. The Morgan fingerprint density at radius 3 is 2.77 bits per heavy atom. The smallest absolute Gasteiger partial charge is 0.262 e. The van der Waals surface area contributed by atoms with Crippen LogP contribution in [0.1, 0.15) is 36.4 Å². The van der Waals surface area contributed by atoms with Crippen molar-refractivity contribution in [1.29, 1.82) is 0 Å². The van der Waals surface area contributed by atoms with E-state index in [2.05, 4.69) is 38.8 Å². The SMILES string of the molecule is CC1CC(NC(=O)C(C)NC(=O)c2ccc(Br)s2)CCN1.Cl. The molecule has 0 spiro atoms. The zero-order chi connectivity index (χ0) is 15.4. The first-order valence-electron chi connectivity index (χ1n) is 7.05. The van der Waals surface area contributed by atoms with Crippen LogP contribution in [0.4, 0.5) is 0 Å². The second-order valence-corrected chi connectivity index (χ2v) is 7.85. The van der Waals surface area contributed by atoms with Crippen LogP contribution in [0.2, 0.25) is 0 Å². The number of thiophene rings is 1. The minimum Gasteiger partial charge on any atom is -0.351 e. The second-order valence-electron chi connectivity index (χ2n) is 5.38. The summed E-state index contributed by atoms with van der Waals surface area (Å²) in [6.07, 6.45) is 1.85. The van der Waals surface area contributed by atoms with Crippen LogP contribution < -0.4 is 16.0 Å². The fourth-order valence-electron chi connectivity index (χ4n) is 2.36. The summed E-state index contributed by atoms with van der Waals surface area (Å²) < 4.78 is 0.897. The Balaban J connectivity index is 0.00000242. The summed E-state index contributed by atoms with van der Waals surface area (Å²) in [6, 6.07) is 3.62. The van der Waals surface area contributed by atoms with Crippen LogP contribution in [0.3, 0.4) is 0 Å². The van der Waals surface area contributed by atoms with Crippen LogP contribution in [0, 0.1) is 0 Å². The fraction of sp³-hybridized carbons (Fsp3) is 0.571. The first-order valence-corrected chi connectivity index (χ1v) is 8.66. The van der Waals surface area contributed by atoms with E-state index in [0.717, 1.165) is 23.2 Å². The van der Waals surface area contributed by atoms with Gasteiger partial charge in [-0.3, -0.25) is 9.59 Å². The molecule has 0 bridgehead atoms. The number of halogens is 2. The lowest BCUT2D eigenvalue weighted by molar-refractivity contribution is -0.123. The van der Waals surface area contributed by atoms with Gasteiger partial charge in [-0.2, -0.15) is 0 Å². The van der Waals surface area contributed by atoms with E-state index in [9.17, 15) is 9.59 Å². The molecule has 1 aromatic rings. The first-order chi connectivity index (χ1) is 9.95. The van der Waals surface area contributed by atoms with Crippen LogP contribution in [-0.4, -0.2) is 36.5 Å². The highest BCUT2D eigenvalue weighted by Crippen LogP contribution is 2.21. The lowest BCUT2D eigenvalue weighted by atomic mass is 10.0. The molecule has 1 saturated heterocycles. The summed E-state index contributed by atoms with van der Waals surface area (Å²) in [4.78, 5) is 24.7. The van der Waals surface area contributed by atoms with E-state index < -0.39 is 6.04 Å². The first kappa shape index (κ1) is 19.4. The molecule has 0 saturated carbocycles. The maximum atomic E-state index is 12.1. The lowest BCUT2D eigenvalue weighted by Gasteiger charge is -2.29. The van der Waals surface area contributed by atoms with Crippen molar-refractivity contribution in [3.05, 3.63) is 20.8 Å². The van der Waals surface area contributed by atoms with Crippen LogP contribution in [0.15, 0.2) is 15.9 Å². The maximum absolute atomic E-state index is 12.1.